The number of carboxylic acids is 1. The molecule has 5 nitrogen and oxygen atoms in total. The van der Waals surface area contributed by atoms with Gasteiger partial charge in [-0.2, -0.15) is 0 Å². The summed E-state index contributed by atoms with van der Waals surface area (Å²) in [6.07, 6.45) is -0.225. The molecular formula is C13H15NO4. The van der Waals surface area contributed by atoms with Crippen molar-refractivity contribution >= 4 is 17.6 Å². The van der Waals surface area contributed by atoms with E-state index in [9.17, 15) is 9.59 Å². The van der Waals surface area contributed by atoms with Crippen LogP contribution < -0.4 is 9.64 Å². The Morgan fingerprint density at radius 2 is 2.11 bits per heavy atom. The van der Waals surface area contributed by atoms with Gasteiger partial charge in [0, 0.05) is 6.42 Å². The number of anilines is 1. The van der Waals surface area contributed by atoms with Crippen LogP contribution in [-0.4, -0.2) is 29.6 Å². The van der Waals surface area contributed by atoms with E-state index in [-0.39, 0.29) is 24.9 Å². The monoisotopic (exact) mass is 249 g/mol. The fraction of sp³-hybridized carbons (Fsp3) is 0.385. The second kappa shape index (κ2) is 5.08. The first kappa shape index (κ1) is 12.4. The van der Waals surface area contributed by atoms with Gasteiger partial charge >= 0.3 is 5.97 Å². The van der Waals surface area contributed by atoms with Crippen LogP contribution in [0.1, 0.15) is 19.8 Å². The van der Waals surface area contributed by atoms with Crippen molar-refractivity contribution in [3.8, 4) is 5.75 Å². The summed E-state index contributed by atoms with van der Waals surface area (Å²) in [4.78, 5) is 24.1. The molecule has 18 heavy (non-hydrogen) atoms. The molecule has 0 unspecified atom stereocenters. The molecule has 1 aliphatic heterocycles. The molecule has 0 fully saturated rings. The standard InChI is InChI=1S/C13H15NO4/c1-9-8-14(12(15)6-7-13(16)17)10-4-2-3-5-11(10)18-9/h2-5,9H,6-8H2,1H3,(H,16,17)/t9-/m1/s1. The Balaban J connectivity index is 2.18. The maximum absolute atomic E-state index is 12.0. The summed E-state index contributed by atoms with van der Waals surface area (Å²) in [7, 11) is 0. The van der Waals surface area contributed by atoms with E-state index < -0.39 is 5.97 Å². The highest BCUT2D eigenvalue weighted by Crippen LogP contribution is 2.33. The molecule has 1 amide bonds. The topological polar surface area (TPSA) is 66.8 Å². The number of carbonyl (C=O) groups excluding carboxylic acids is 1. The molecule has 0 saturated heterocycles. The molecule has 96 valence electrons. The van der Waals surface area contributed by atoms with Crippen LogP contribution in [0.15, 0.2) is 24.3 Å². The Morgan fingerprint density at radius 3 is 2.83 bits per heavy atom. The molecule has 0 bridgehead atoms. The number of benzene rings is 1. The summed E-state index contributed by atoms with van der Waals surface area (Å²) >= 11 is 0. The van der Waals surface area contributed by atoms with E-state index in [1.165, 1.54) is 0 Å². The highest BCUT2D eigenvalue weighted by molar-refractivity contribution is 5.96. The third-order valence-corrected chi connectivity index (χ3v) is 2.78. The summed E-state index contributed by atoms with van der Waals surface area (Å²) in [5.41, 5.74) is 0.714. The van der Waals surface area contributed by atoms with E-state index in [1.54, 1.807) is 11.0 Å². The number of ether oxygens (including phenoxy) is 1. The molecule has 0 aliphatic carbocycles. The average molecular weight is 249 g/mol. The summed E-state index contributed by atoms with van der Waals surface area (Å²) in [6, 6.07) is 7.29. The van der Waals surface area contributed by atoms with Crippen LogP contribution in [0, 0.1) is 0 Å². The van der Waals surface area contributed by atoms with Crippen molar-refractivity contribution in [2.75, 3.05) is 11.4 Å². The van der Waals surface area contributed by atoms with Gasteiger partial charge in [0.2, 0.25) is 5.91 Å². The van der Waals surface area contributed by atoms with Crippen LogP contribution in [0.5, 0.6) is 5.75 Å². The summed E-state index contributed by atoms with van der Waals surface area (Å²) in [6.45, 7) is 2.34. The molecule has 0 radical (unpaired) electrons. The fourth-order valence-corrected chi connectivity index (χ4v) is 1.97. The fourth-order valence-electron chi connectivity index (χ4n) is 1.97. The normalized spacial score (nSPS) is 17.8. The number of aliphatic carboxylic acids is 1. The molecule has 1 aliphatic rings. The molecule has 0 saturated carbocycles. The van der Waals surface area contributed by atoms with Gasteiger partial charge in [0.05, 0.1) is 18.7 Å². The van der Waals surface area contributed by atoms with Crippen molar-refractivity contribution in [1.29, 1.82) is 0 Å². The summed E-state index contributed by atoms with van der Waals surface area (Å²) in [5.74, 6) is -0.474. The average Bonchev–Trinajstić information content (AvgIpc) is 2.34. The minimum absolute atomic E-state index is 0.0103. The van der Waals surface area contributed by atoms with E-state index in [0.29, 0.717) is 18.0 Å². The van der Waals surface area contributed by atoms with Crippen LogP contribution in [0.3, 0.4) is 0 Å². The largest absolute Gasteiger partial charge is 0.487 e. The van der Waals surface area contributed by atoms with Gasteiger partial charge in [-0.3, -0.25) is 9.59 Å². The van der Waals surface area contributed by atoms with Crippen LogP contribution in [-0.2, 0) is 9.59 Å². The Kier molecular flexibility index (Phi) is 3.50. The number of hydrogen-bond donors (Lipinski definition) is 1. The zero-order chi connectivity index (χ0) is 13.1. The van der Waals surface area contributed by atoms with Crippen LogP contribution in [0.4, 0.5) is 5.69 Å². The minimum atomic E-state index is -0.960. The van der Waals surface area contributed by atoms with Gasteiger partial charge in [-0.1, -0.05) is 12.1 Å². The molecule has 0 spiro atoms. The van der Waals surface area contributed by atoms with E-state index >= 15 is 0 Å². The second-order valence-electron chi connectivity index (χ2n) is 4.29. The predicted molar refractivity (Wildman–Crippen MR) is 65.8 cm³/mol. The first-order valence-electron chi connectivity index (χ1n) is 5.86. The van der Waals surface area contributed by atoms with Gasteiger partial charge in [0.1, 0.15) is 11.9 Å². The number of fused-ring (bicyclic) bond motifs is 1. The molecule has 0 aromatic heterocycles. The van der Waals surface area contributed by atoms with Gasteiger partial charge in [-0.25, -0.2) is 0 Å². The number of para-hydroxylation sites is 2. The van der Waals surface area contributed by atoms with Gasteiger partial charge in [0.15, 0.2) is 0 Å². The highest BCUT2D eigenvalue weighted by Gasteiger charge is 2.27. The van der Waals surface area contributed by atoms with E-state index in [2.05, 4.69) is 0 Å². The van der Waals surface area contributed by atoms with Crippen molar-refractivity contribution in [2.45, 2.75) is 25.9 Å². The van der Waals surface area contributed by atoms with E-state index in [1.807, 2.05) is 25.1 Å². The Bertz CT molecular complexity index is 472. The zero-order valence-electron chi connectivity index (χ0n) is 10.1. The zero-order valence-corrected chi connectivity index (χ0v) is 10.1. The van der Waals surface area contributed by atoms with Crippen molar-refractivity contribution < 1.29 is 19.4 Å². The molecule has 1 atom stereocenters. The van der Waals surface area contributed by atoms with Gasteiger partial charge in [-0.15, -0.1) is 0 Å². The lowest BCUT2D eigenvalue weighted by Gasteiger charge is -2.33. The number of nitrogens with zero attached hydrogens (tertiary/aromatic N) is 1. The lowest BCUT2D eigenvalue weighted by molar-refractivity contribution is -0.138. The molecule has 1 N–H and O–H groups in total. The number of rotatable bonds is 3. The molecule has 1 heterocycles. The maximum Gasteiger partial charge on any atom is 0.303 e. The Labute approximate surface area is 105 Å². The van der Waals surface area contributed by atoms with Gasteiger partial charge < -0.3 is 14.7 Å². The van der Waals surface area contributed by atoms with Crippen molar-refractivity contribution in [3.63, 3.8) is 0 Å². The van der Waals surface area contributed by atoms with Gasteiger partial charge in [0.25, 0.3) is 0 Å². The third kappa shape index (κ3) is 2.61. The Morgan fingerprint density at radius 1 is 1.39 bits per heavy atom. The molecule has 1 aromatic carbocycles. The number of amides is 1. The van der Waals surface area contributed by atoms with Crippen molar-refractivity contribution in [1.82, 2.24) is 0 Å². The van der Waals surface area contributed by atoms with E-state index in [0.717, 1.165) is 0 Å². The second-order valence-corrected chi connectivity index (χ2v) is 4.29. The third-order valence-electron chi connectivity index (χ3n) is 2.78. The maximum atomic E-state index is 12.0. The smallest absolute Gasteiger partial charge is 0.303 e. The number of hydrogen-bond acceptors (Lipinski definition) is 3. The first-order chi connectivity index (χ1) is 8.58. The summed E-state index contributed by atoms with van der Waals surface area (Å²) < 4.78 is 5.63. The molecule has 2 rings (SSSR count). The van der Waals surface area contributed by atoms with Gasteiger partial charge in [-0.05, 0) is 19.1 Å². The minimum Gasteiger partial charge on any atom is -0.487 e. The van der Waals surface area contributed by atoms with Crippen molar-refractivity contribution in [3.05, 3.63) is 24.3 Å². The highest BCUT2D eigenvalue weighted by atomic mass is 16.5. The van der Waals surface area contributed by atoms with Crippen LogP contribution >= 0.6 is 0 Å². The summed E-state index contributed by atoms with van der Waals surface area (Å²) in [5, 5.41) is 8.61. The Hall–Kier alpha value is -2.04. The van der Waals surface area contributed by atoms with Crippen molar-refractivity contribution in [2.24, 2.45) is 0 Å². The van der Waals surface area contributed by atoms with Crippen LogP contribution in [0.2, 0.25) is 0 Å². The SMILES string of the molecule is C[C@@H]1CN(C(=O)CCC(=O)O)c2ccccc2O1. The lowest BCUT2D eigenvalue weighted by atomic mass is 10.1. The first-order valence-corrected chi connectivity index (χ1v) is 5.86. The van der Waals surface area contributed by atoms with E-state index in [4.69, 9.17) is 9.84 Å². The quantitative estimate of drug-likeness (QED) is 0.884. The van der Waals surface area contributed by atoms with Crippen LogP contribution in [0.25, 0.3) is 0 Å². The predicted octanol–water partition coefficient (Wildman–Crippen LogP) is 1.67. The lowest BCUT2D eigenvalue weighted by Crippen LogP contribution is -2.42. The molecule has 5 heteroatoms. The number of carboxylic acid groups (broad SMARTS) is 1. The molecular weight excluding hydrogens is 234 g/mol. The molecule has 1 aromatic rings. The number of carbonyl (C=O) groups is 2.